The molecular formula is C34H48O3. The van der Waals surface area contributed by atoms with Gasteiger partial charge in [-0.15, -0.1) is 0 Å². The van der Waals surface area contributed by atoms with Gasteiger partial charge in [0.2, 0.25) is 0 Å². The highest BCUT2D eigenvalue weighted by molar-refractivity contribution is 6.10. The van der Waals surface area contributed by atoms with E-state index in [4.69, 9.17) is 9.47 Å². The fourth-order valence-electron chi connectivity index (χ4n) is 5.76. The summed E-state index contributed by atoms with van der Waals surface area (Å²) in [6.07, 6.45) is 11.9. The molecular weight excluding hydrogens is 456 g/mol. The molecule has 202 valence electrons. The Balaban J connectivity index is 1.68. The summed E-state index contributed by atoms with van der Waals surface area (Å²) in [5.41, 5.74) is 5.88. The number of unbranched alkanes of at least 4 members (excludes halogenated alkanes) is 5. The van der Waals surface area contributed by atoms with E-state index < -0.39 is 0 Å². The lowest BCUT2D eigenvalue weighted by molar-refractivity contribution is -0.0610. The maximum Gasteiger partial charge on any atom is 0.191 e. The molecule has 3 nitrogen and oxygen atoms in total. The van der Waals surface area contributed by atoms with Crippen LogP contribution in [0, 0.1) is 5.92 Å². The van der Waals surface area contributed by atoms with Crippen LogP contribution in [0.3, 0.4) is 0 Å². The van der Waals surface area contributed by atoms with Crippen molar-refractivity contribution < 1.29 is 14.3 Å². The number of ether oxygens (including phenoxy) is 2. The van der Waals surface area contributed by atoms with Gasteiger partial charge in [-0.25, -0.2) is 0 Å². The van der Waals surface area contributed by atoms with Gasteiger partial charge in [0.05, 0.1) is 17.8 Å². The number of hydrogen-bond acceptors (Lipinski definition) is 3. The molecule has 0 spiro atoms. The number of Topliss-reactive ketones (excluding diaryl/α,β-unsaturated/α-hetero) is 1. The Morgan fingerprint density at radius 3 is 2.38 bits per heavy atom. The van der Waals surface area contributed by atoms with Gasteiger partial charge in [-0.05, 0) is 81.2 Å². The number of carbonyl (C=O) groups excluding carboxylic acids is 1. The van der Waals surface area contributed by atoms with Crippen LogP contribution in [0.25, 0.3) is 11.1 Å². The van der Waals surface area contributed by atoms with Gasteiger partial charge in [0.1, 0.15) is 5.75 Å². The molecule has 0 radical (unpaired) electrons. The average Bonchev–Trinajstić information content (AvgIpc) is 3.25. The number of ketones is 1. The molecule has 37 heavy (non-hydrogen) atoms. The van der Waals surface area contributed by atoms with Crippen molar-refractivity contribution >= 4 is 5.78 Å². The van der Waals surface area contributed by atoms with Gasteiger partial charge < -0.3 is 9.47 Å². The fourth-order valence-corrected chi connectivity index (χ4v) is 5.76. The zero-order valence-corrected chi connectivity index (χ0v) is 24.0. The number of carbonyl (C=O) groups is 1. The molecule has 0 N–H and O–H groups in total. The van der Waals surface area contributed by atoms with Crippen LogP contribution in [-0.2, 0) is 11.2 Å². The molecule has 2 aromatic carbocycles. The summed E-state index contributed by atoms with van der Waals surface area (Å²) in [6.45, 7) is 15.8. The van der Waals surface area contributed by atoms with Gasteiger partial charge >= 0.3 is 0 Å². The Hall–Kier alpha value is -2.39. The minimum atomic E-state index is -0.144. The quantitative estimate of drug-likeness (QED) is 0.104. The molecule has 1 atom stereocenters. The van der Waals surface area contributed by atoms with Crippen LogP contribution in [0.1, 0.15) is 114 Å². The number of rotatable bonds is 17. The van der Waals surface area contributed by atoms with Gasteiger partial charge in [0.25, 0.3) is 0 Å². The van der Waals surface area contributed by atoms with E-state index in [1.165, 1.54) is 61.6 Å². The summed E-state index contributed by atoms with van der Waals surface area (Å²) in [4.78, 5) is 13.0. The minimum absolute atomic E-state index is 0.0350. The van der Waals surface area contributed by atoms with E-state index in [1.807, 2.05) is 6.07 Å². The van der Waals surface area contributed by atoms with Crippen LogP contribution < -0.4 is 4.74 Å². The molecule has 2 aromatic rings. The van der Waals surface area contributed by atoms with Crippen molar-refractivity contribution in [1.29, 1.82) is 0 Å². The third-order valence-electron chi connectivity index (χ3n) is 7.92. The second-order valence-electron chi connectivity index (χ2n) is 11.2. The van der Waals surface area contributed by atoms with Crippen LogP contribution >= 0.6 is 0 Å². The van der Waals surface area contributed by atoms with Crippen LogP contribution in [0.15, 0.2) is 48.6 Å². The molecule has 1 aliphatic carbocycles. The smallest absolute Gasteiger partial charge is 0.191 e. The molecule has 0 saturated heterocycles. The highest BCUT2D eigenvalue weighted by Gasteiger charge is 2.30. The zero-order valence-electron chi connectivity index (χ0n) is 24.0. The third kappa shape index (κ3) is 7.57. The lowest BCUT2D eigenvalue weighted by atomic mass is 9.82. The summed E-state index contributed by atoms with van der Waals surface area (Å²) >= 11 is 0. The van der Waals surface area contributed by atoms with Crippen molar-refractivity contribution in [2.75, 3.05) is 13.2 Å². The lowest BCUT2D eigenvalue weighted by Gasteiger charge is -2.34. The van der Waals surface area contributed by atoms with E-state index in [0.717, 1.165) is 37.2 Å². The van der Waals surface area contributed by atoms with Crippen molar-refractivity contribution in [3.63, 3.8) is 0 Å². The first-order valence-corrected chi connectivity index (χ1v) is 14.5. The van der Waals surface area contributed by atoms with E-state index in [1.54, 1.807) is 6.92 Å². The Labute approximate surface area is 225 Å². The van der Waals surface area contributed by atoms with Crippen molar-refractivity contribution in [2.45, 2.75) is 104 Å². The summed E-state index contributed by atoms with van der Waals surface area (Å²) in [6, 6.07) is 12.5. The van der Waals surface area contributed by atoms with Crippen molar-refractivity contribution in [2.24, 2.45) is 5.92 Å². The Bertz CT molecular complexity index is 1050. The Kier molecular flexibility index (Phi) is 11.0. The van der Waals surface area contributed by atoms with E-state index in [0.29, 0.717) is 23.7 Å². The molecule has 3 rings (SSSR count). The first-order chi connectivity index (χ1) is 17.8. The molecule has 0 aliphatic heterocycles. The maximum atomic E-state index is 13.0. The van der Waals surface area contributed by atoms with Gasteiger partial charge in [-0.1, -0.05) is 82.4 Å². The van der Waals surface area contributed by atoms with Crippen LogP contribution in [-0.4, -0.2) is 24.6 Å². The molecule has 0 aromatic heterocycles. The topological polar surface area (TPSA) is 35.5 Å². The molecule has 0 amide bonds. The maximum absolute atomic E-state index is 13.0. The number of hydrogen-bond donors (Lipinski definition) is 0. The zero-order chi connectivity index (χ0) is 26.8. The molecule has 0 saturated carbocycles. The average molecular weight is 505 g/mol. The lowest BCUT2D eigenvalue weighted by Crippen LogP contribution is -2.35. The molecule has 1 unspecified atom stereocenters. The SMILES string of the molecule is C=C(C)C(=O)c1ccc2c(c1OCCCC(CCCCCCCC)C(C)(C)OCC)Cc1ccccc1-2. The van der Waals surface area contributed by atoms with E-state index in [9.17, 15) is 4.79 Å². The highest BCUT2D eigenvalue weighted by atomic mass is 16.5. The van der Waals surface area contributed by atoms with Crippen LogP contribution in [0.4, 0.5) is 0 Å². The van der Waals surface area contributed by atoms with Crippen molar-refractivity contribution in [3.8, 4) is 16.9 Å². The molecule has 1 aliphatic rings. The second kappa shape index (κ2) is 14.0. The van der Waals surface area contributed by atoms with Gasteiger partial charge in [0, 0.05) is 18.6 Å². The number of benzene rings is 2. The number of allylic oxidation sites excluding steroid dienone is 1. The Morgan fingerprint density at radius 2 is 1.65 bits per heavy atom. The predicted molar refractivity (Wildman–Crippen MR) is 156 cm³/mol. The second-order valence-corrected chi connectivity index (χ2v) is 11.2. The molecule has 0 bridgehead atoms. The molecule has 0 heterocycles. The van der Waals surface area contributed by atoms with E-state index >= 15 is 0 Å². The summed E-state index contributed by atoms with van der Waals surface area (Å²) in [7, 11) is 0. The summed E-state index contributed by atoms with van der Waals surface area (Å²) < 4.78 is 12.7. The first kappa shape index (κ1) is 29.2. The largest absolute Gasteiger partial charge is 0.492 e. The van der Waals surface area contributed by atoms with Crippen LogP contribution in [0.5, 0.6) is 5.75 Å². The van der Waals surface area contributed by atoms with Crippen molar-refractivity contribution in [3.05, 3.63) is 65.2 Å². The number of fused-ring (bicyclic) bond motifs is 3. The standard InChI is InChI=1S/C34H48O3/c1-7-9-10-11-12-13-18-27(34(5,6)37-8-2)19-16-23-36-33-30(32(35)25(3)4)22-21-29-28-20-15-14-17-26(28)24-31(29)33/h14-15,17,20-22,27H,3,7-13,16,18-19,23-24H2,1-2,4-6H3. The predicted octanol–water partition coefficient (Wildman–Crippen LogP) is 9.36. The van der Waals surface area contributed by atoms with Gasteiger partial charge in [-0.2, -0.15) is 0 Å². The first-order valence-electron chi connectivity index (χ1n) is 14.5. The van der Waals surface area contributed by atoms with Crippen molar-refractivity contribution in [1.82, 2.24) is 0 Å². The summed E-state index contributed by atoms with van der Waals surface area (Å²) in [5.74, 6) is 1.20. The van der Waals surface area contributed by atoms with Crippen LogP contribution in [0.2, 0.25) is 0 Å². The molecule has 0 fully saturated rings. The Morgan fingerprint density at radius 1 is 0.946 bits per heavy atom. The third-order valence-corrected chi connectivity index (χ3v) is 7.92. The minimum Gasteiger partial charge on any atom is -0.492 e. The van der Waals surface area contributed by atoms with Gasteiger partial charge in [-0.3, -0.25) is 4.79 Å². The molecule has 3 heteroatoms. The van der Waals surface area contributed by atoms with Gasteiger partial charge in [0.15, 0.2) is 5.78 Å². The highest BCUT2D eigenvalue weighted by Crippen LogP contribution is 2.43. The normalized spacial score (nSPS) is 13.2. The summed E-state index contributed by atoms with van der Waals surface area (Å²) in [5, 5.41) is 0. The van der Waals surface area contributed by atoms with E-state index in [-0.39, 0.29) is 11.4 Å². The van der Waals surface area contributed by atoms with E-state index in [2.05, 4.69) is 64.6 Å². The fraction of sp³-hybridized carbons (Fsp3) is 0.559. The monoisotopic (exact) mass is 504 g/mol.